The number of hydrogen-bond acceptors (Lipinski definition) is 3. The lowest BCUT2D eigenvalue weighted by Gasteiger charge is -1.97. The Bertz CT molecular complexity index is 546. The lowest BCUT2D eigenvalue weighted by Crippen LogP contribution is -2.08. The molecule has 0 saturated carbocycles. The van der Waals surface area contributed by atoms with Crippen molar-refractivity contribution in [3.8, 4) is 11.8 Å². The van der Waals surface area contributed by atoms with E-state index >= 15 is 0 Å². The Hall–Kier alpha value is -2.49. The maximum atomic E-state index is 13.1. The molecule has 1 aromatic rings. The van der Waals surface area contributed by atoms with Crippen LogP contribution in [0.3, 0.4) is 0 Å². The second-order valence-corrected chi connectivity index (χ2v) is 2.99. The average Bonchev–Trinajstić information content (AvgIpc) is 2.14. The van der Waals surface area contributed by atoms with Crippen LogP contribution >= 0.6 is 0 Å². The first-order valence-corrected chi connectivity index (χ1v) is 4.32. The van der Waals surface area contributed by atoms with Crippen LogP contribution in [0, 0.1) is 33.6 Å². The van der Waals surface area contributed by atoms with E-state index in [1.54, 1.807) is 0 Å². The summed E-state index contributed by atoms with van der Waals surface area (Å²) in [6.45, 7) is 0. The monoisotopic (exact) mass is 240 g/mol. The first kappa shape index (κ1) is 12.6. The molecule has 0 aliphatic heterocycles. The highest BCUT2D eigenvalue weighted by Crippen LogP contribution is 2.23. The van der Waals surface area contributed by atoms with Crippen molar-refractivity contribution in [2.45, 2.75) is 6.42 Å². The lowest BCUT2D eigenvalue weighted by molar-refractivity contribution is -0.387. The number of benzene rings is 1. The van der Waals surface area contributed by atoms with Crippen LogP contribution in [0.2, 0.25) is 0 Å². The molecule has 0 heterocycles. The Morgan fingerprint density at radius 1 is 1.47 bits per heavy atom. The van der Waals surface area contributed by atoms with Gasteiger partial charge < -0.3 is 5.73 Å². The van der Waals surface area contributed by atoms with Gasteiger partial charge in [-0.1, -0.05) is 11.8 Å². The van der Waals surface area contributed by atoms with Crippen LogP contribution in [0.4, 0.5) is 14.5 Å². The third-order valence-corrected chi connectivity index (χ3v) is 1.70. The molecule has 0 fully saturated rings. The lowest BCUT2D eigenvalue weighted by atomic mass is 10.1. The summed E-state index contributed by atoms with van der Waals surface area (Å²) in [7, 11) is 0. The Labute approximate surface area is 94.4 Å². The highest BCUT2D eigenvalue weighted by Gasteiger charge is 2.20. The molecule has 0 radical (unpaired) electrons. The highest BCUT2D eigenvalue weighted by molar-refractivity contribution is 5.76. The van der Waals surface area contributed by atoms with E-state index in [0.29, 0.717) is 6.07 Å². The van der Waals surface area contributed by atoms with Gasteiger partial charge in [-0.3, -0.25) is 14.9 Å². The number of rotatable bonds is 2. The van der Waals surface area contributed by atoms with Crippen LogP contribution in [0.15, 0.2) is 12.1 Å². The van der Waals surface area contributed by atoms with Gasteiger partial charge in [-0.15, -0.1) is 0 Å². The minimum atomic E-state index is -1.32. The maximum Gasteiger partial charge on any atom is 0.320 e. The van der Waals surface area contributed by atoms with Gasteiger partial charge in [0.2, 0.25) is 11.7 Å². The smallest absolute Gasteiger partial charge is 0.320 e. The van der Waals surface area contributed by atoms with Gasteiger partial charge in [-0.05, 0) is 6.07 Å². The van der Waals surface area contributed by atoms with Gasteiger partial charge in [0.1, 0.15) is 11.4 Å². The molecule has 5 nitrogen and oxygen atoms in total. The molecule has 2 N–H and O–H groups in total. The molecule has 0 aliphatic carbocycles. The fourth-order valence-corrected chi connectivity index (χ4v) is 1.07. The number of nitro benzene ring substituents is 1. The summed E-state index contributed by atoms with van der Waals surface area (Å²) in [5, 5.41) is 10.5. The van der Waals surface area contributed by atoms with Crippen molar-refractivity contribution < 1.29 is 18.5 Å². The van der Waals surface area contributed by atoms with Crippen molar-refractivity contribution in [1.82, 2.24) is 0 Å². The first-order valence-electron chi connectivity index (χ1n) is 4.32. The van der Waals surface area contributed by atoms with Crippen LogP contribution in [0.1, 0.15) is 12.0 Å². The number of nitrogens with zero attached hydrogens (tertiary/aromatic N) is 1. The van der Waals surface area contributed by atoms with Gasteiger partial charge in [0, 0.05) is 6.07 Å². The molecule has 0 bridgehead atoms. The molecule has 17 heavy (non-hydrogen) atoms. The predicted octanol–water partition coefficient (Wildman–Crippen LogP) is 1.10. The highest BCUT2D eigenvalue weighted by atomic mass is 19.1. The van der Waals surface area contributed by atoms with Gasteiger partial charge >= 0.3 is 5.69 Å². The summed E-state index contributed by atoms with van der Waals surface area (Å²) in [6.07, 6.45) is -0.352. The van der Waals surface area contributed by atoms with Crippen molar-refractivity contribution in [3.63, 3.8) is 0 Å². The van der Waals surface area contributed by atoms with Crippen molar-refractivity contribution in [2.24, 2.45) is 5.73 Å². The molecule has 0 spiro atoms. The van der Waals surface area contributed by atoms with Crippen LogP contribution in [-0.2, 0) is 4.79 Å². The number of carbonyl (C=O) groups is 1. The topological polar surface area (TPSA) is 86.2 Å². The number of hydrogen-bond donors (Lipinski definition) is 1. The van der Waals surface area contributed by atoms with Gasteiger partial charge in [-0.25, -0.2) is 4.39 Å². The maximum absolute atomic E-state index is 13.1. The molecule has 1 aromatic carbocycles. The minimum absolute atomic E-state index is 0.352. The van der Waals surface area contributed by atoms with Crippen LogP contribution in [-0.4, -0.2) is 10.8 Å². The van der Waals surface area contributed by atoms with E-state index in [9.17, 15) is 23.7 Å². The Morgan fingerprint density at radius 2 is 2.12 bits per heavy atom. The zero-order valence-electron chi connectivity index (χ0n) is 8.37. The summed E-state index contributed by atoms with van der Waals surface area (Å²) in [6, 6.07) is 1.10. The van der Waals surface area contributed by atoms with Gasteiger partial charge in [-0.2, -0.15) is 4.39 Å². The van der Waals surface area contributed by atoms with E-state index in [1.165, 1.54) is 0 Å². The van der Waals surface area contributed by atoms with Gasteiger partial charge in [0.15, 0.2) is 0 Å². The third-order valence-electron chi connectivity index (χ3n) is 1.70. The molecule has 0 unspecified atom stereocenters. The molecule has 0 saturated heterocycles. The van der Waals surface area contributed by atoms with Crippen LogP contribution < -0.4 is 5.73 Å². The Morgan fingerprint density at radius 3 is 2.65 bits per heavy atom. The fraction of sp³-hybridized carbons (Fsp3) is 0.100. The SMILES string of the molecule is NC(=O)CC#Cc1cc(F)cc(F)c1[N+](=O)[O-]. The number of halogens is 2. The van der Waals surface area contributed by atoms with Gasteiger partial charge in [0.05, 0.1) is 11.3 Å². The number of primary amides is 1. The van der Waals surface area contributed by atoms with Crippen molar-refractivity contribution >= 4 is 11.6 Å². The molecule has 7 heteroatoms. The molecule has 1 amide bonds. The third kappa shape index (κ3) is 3.24. The molecule has 88 valence electrons. The minimum Gasteiger partial charge on any atom is -0.369 e. The zero-order valence-corrected chi connectivity index (χ0v) is 8.37. The first-order chi connectivity index (χ1) is 7.91. The normalized spacial score (nSPS) is 9.29. The van der Waals surface area contributed by atoms with Crippen LogP contribution in [0.25, 0.3) is 0 Å². The summed E-state index contributed by atoms with van der Waals surface area (Å²) >= 11 is 0. The quantitative estimate of drug-likeness (QED) is 0.477. The van der Waals surface area contributed by atoms with Crippen LogP contribution in [0.5, 0.6) is 0 Å². The summed E-state index contributed by atoms with van der Waals surface area (Å²) in [4.78, 5) is 19.9. The van der Waals surface area contributed by atoms with E-state index in [2.05, 4.69) is 11.8 Å². The average molecular weight is 240 g/mol. The fourth-order valence-electron chi connectivity index (χ4n) is 1.07. The molecule has 0 aromatic heterocycles. The van der Waals surface area contributed by atoms with Crippen molar-refractivity contribution in [3.05, 3.63) is 39.4 Å². The second kappa shape index (κ2) is 5.03. The summed E-state index contributed by atoms with van der Waals surface area (Å²) in [5.74, 6) is 1.27. The van der Waals surface area contributed by atoms with Crippen molar-refractivity contribution in [2.75, 3.05) is 0 Å². The number of nitrogens with two attached hydrogens (primary N) is 1. The van der Waals surface area contributed by atoms with Crippen molar-refractivity contribution in [1.29, 1.82) is 0 Å². The molecule has 0 atom stereocenters. The zero-order chi connectivity index (χ0) is 13.0. The molecular weight excluding hydrogens is 234 g/mol. The Kier molecular flexibility index (Phi) is 3.72. The number of amides is 1. The van der Waals surface area contributed by atoms with E-state index in [-0.39, 0.29) is 6.42 Å². The summed E-state index contributed by atoms with van der Waals surface area (Å²) in [5.41, 5.74) is 3.43. The standard InChI is InChI=1S/C10H6F2N2O3/c11-7-4-6(2-1-3-9(13)15)10(14(16)17)8(12)5-7/h4-5H,3H2,(H2,13,15). The van der Waals surface area contributed by atoms with E-state index < -0.39 is 33.7 Å². The molecule has 1 rings (SSSR count). The number of nitro groups is 1. The molecule has 0 aliphatic rings. The van der Waals surface area contributed by atoms with Gasteiger partial charge in [0.25, 0.3) is 0 Å². The second-order valence-electron chi connectivity index (χ2n) is 2.99. The Balaban J connectivity index is 3.24. The molecular formula is C10H6F2N2O3. The van der Waals surface area contributed by atoms with E-state index in [1.807, 2.05) is 0 Å². The van der Waals surface area contributed by atoms with E-state index in [0.717, 1.165) is 6.07 Å². The largest absolute Gasteiger partial charge is 0.369 e. The summed E-state index contributed by atoms with van der Waals surface area (Å²) < 4.78 is 25.9. The number of carbonyl (C=O) groups excluding carboxylic acids is 1. The van der Waals surface area contributed by atoms with E-state index in [4.69, 9.17) is 5.73 Å². The predicted molar refractivity (Wildman–Crippen MR) is 53.7 cm³/mol.